The van der Waals surface area contributed by atoms with Crippen molar-refractivity contribution in [1.29, 1.82) is 0 Å². The molecule has 0 aliphatic carbocycles. The first kappa shape index (κ1) is 31.3. The highest BCUT2D eigenvalue weighted by molar-refractivity contribution is 8.04. The van der Waals surface area contributed by atoms with Gasteiger partial charge in [-0.05, 0) is 29.7 Å². The zero-order valence-electron chi connectivity index (χ0n) is 23.5. The van der Waals surface area contributed by atoms with E-state index in [2.05, 4.69) is 6.07 Å². The van der Waals surface area contributed by atoms with Gasteiger partial charge in [-0.15, -0.1) is 0 Å². The zero-order valence-corrected chi connectivity index (χ0v) is 26.7. The molecule has 0 bridgehead atoms. The van der Waals surface area contributed by atoms with Crippen LogP contribution in [0.5, 0.6) is 11.5 Å². The molecule has 3 aromatic carbocycles. The molecule has 10 nitrogen and oxygen atoms in total. The van der Waals surface area contributed by atoms with Gasteiger partial charge in [-0.1, -0.05) is 59.5 Å². The SMILES string of the molecule is COc1cc2sc(C=C3Sc4ccc(-c5ccccc5)cc4N3CCCS(=O)(=O)O)[n+](CCCS(=O)(=O)O)c2cc1OC. The maximum atomic E-state index is 11.5. The van der Waals surface area contributed by atoms with Crippen LogP contribution in [0.2, 0.25) is 0 Å². The first-order chi connectivity index (χ1) is 20.5. The molecule has 1 aromatic heterocycles. The predicted molar refractivity (Wildman–Crippen MR) is 170 cm³/mol. The van der Waals surface area contributed by atoms with E-state index in [4.69, 9.17) is 9.47 Å². The van der Waals surface area contributed by atoms with Gasteiger partial charge in [0.05, 0.1) is 48.6 Å². The molecule has 43 heavy (non-hydrogen) atoms. The fourth-order valence-corrected chi connectivity index (χ4v) is 8.24. The van der Waals surface area contributed by atoms with Crippen molar-refractivity contribution in [2.24, 2.45) is 0 Å². The lowest BCUT2D eigenvalue weighted by Gasteiger charge is -2.20. The van der Waals surface area contributed by atoms with E-state index >= 15 is 0 Å². The molecular formula is C29H31N2O8S4+. The Morgan fingerprint density at radius 1 is 0.860 bits per heavy atom. The van der Waals surface area contributed by atoms with Gasteiger partial charge in [0, 0.05) is 23.9 Å². The van der Waals surface area contributed by atoms with E-state index in [0.717, 1.165) is 42.0 Å². The number of hydrogen-bond acceptors (Lipinski definition) is 9. The Labute approximate surface area is 259 Å². The Bertz CT molecular complexity index is 1890. The van der Waals surface area contributed by atoms with Gasteiger partial charge in [-0.3, -0.25) is 9.11 Å². The molecule has 228 valence electrons. The Kier molecular flexibility index (Phi) is 9.34. The smallest absolute Gasteiger partial charge is 0.265 e. The number of rotatable bonds is 12. The summed E-state index contributed by atoms with van der Waals surface area (Å²) in [6.45, 7) is 0.659. The number of benzene rings is 3. The van der Waals surface area contributed by atoms with Crippen molar-refractivity contribution in [3.8, 4) is 22.6 Å². The van der Waals surface area contributed by atoms with E-state index in [1.807, 2.05) is 70.1 Å². The molecule has 4 aromatic rings. The number of ether oxygens (including phenoxy) is 2. The average Bonchev–Trinajstić information content (AvgIpc) is 3.47. The summed E-state index contributed by atoms with van der Waals surface area (Å²) in [5, 5.41) is 1.67. The van der Waals surface area contributed by atoms with Crippen LogP contribution in [0.1, 0.15) is 17.8 Å². The second-order valence-electron chi connectivity index (χ2n) is 9.83. The van der Waals surface area contributed by atoms with Crippen molar-refractivity contribution in [1.82, 2.24) is 0 Å². The predicted octanol–water partition coefficient (Wildman–Crippen LogP) is 5.34. The van der Waals surface area contributed by atoms with Crippen molar-refractivity contribution in [2.45, 2.75) is 24.3 Å². The molecule has 0 unspecified atom stereocenters. The number of methoxy groups -OCH3 is 2. The van der Waals surface area contributed by atoms with Crippen molar-refractivity contribution in [2.75, 3.05) is 37.2 Å². The first-order valence-corrected chi connectivity index (χ1v) is 18.2. The van der Waals surface area contributed by atoms with Crippen LogP contribution in [0.3, 0.4) is 0 Å². The van der Waals surface area contributed by atoms with Gasteiger partial charge in [-0.25, -0.2) is 0 Å². The third kappa shape index (κ3) is 7.51. The summed E-state index contributed by atoms with van der Waals surface area (Å²) < 4.78 is 78.6. The van der Waals surface area contributed by atoms with Crippen molar-refractivity contribution in [3.63, 3.8) is 0 Å². The minimum absolute atomic E-state index is 0.186. The summed E-state index contributed by atoms with van der Waals surface area (Å²) in [7, 11) is -5.16. The van der Waals surface area contributed by atoms with Gasteiger partial charge in [-0.2, -0.15) is 21.4 Å². The highest BCUT2D eigenvalue weighted by atomic mass is 32.2. The van der Waals surface area contributed by atoms with Crippen LogP contribution in [-0.4, -0.2) is 58.2 Å². The molecule has 1 aliphatic rings. The summed E-state index contributed by atoms with van der Waals surface area (Å²) in [5.74, 6) is 0.333. The third-order valence-electron chi connectivity index (χ3n) is 6.89. The van der Waals surface area contributed by atoms with Crippen molar-refractivity contribution in [3.05, 3.63) is 70.7 Å². The first-order valence-electron chi connectivity index (χ1n) is 13.3. The number of anilines is 1. The van der Waals surface area contributed by atoms with Gasteiger partial charge in [0.1, 0.15) is 4.70 Å². The Hall–Kier alpha value is -3.14. The highest BCUT2D eigenvalue weighted by Gasteiger charge is 2.29. The summed E-state index contributed by atoms with van der Waals surface area (Å²) in [6, 6.07) is 19.8. The Balaban J connectivity index is 1.59. The number of aromatic nitrogens is 1. The van der Waals surface area contributed by atoms with Gasteiger partial charge >= 0.3 is 0 Å². The van der Waals surface area contributed by atoms with Crippen LogP contribution in [0.15, 0.2) is 70.6 Å². The number of fused-ring (bicyclic) bond motifs is 2. The molecule has 14 heteroatoms. The summed E-state index contributed by atoms with van der Waals surface area (Å²) in [5.41, 5.74) is 3.81. The number of nitrogens with zero attached hydrogens (tertiary/aromatic N) is 2. The molecule has 0 atom stereocenters. The quantitative estimate of drug-likeness (QED) is 0.151. The van der Waals surface area contributed by atoms with Crippen LogP contribution in [0.25, 0.3) is 27.4 Å². The standard InChI is InChI=1S/C29H30N2O8S4/c1-38-24-17-23-27(18-25(24)39-2)41-29(31(23)13-7-15-43(35,36)37)19-28-30(12-6-14-42(32,33)34)22-16-21(10-11-26(22)40-28)20-8-4-3-5-9-20/h3-5,8-11,16-19H,6-7,12-15H2,1-2H3,(H-,32,33,34,35,36,37)/p+1. The van der Waals surface area contributed by atoms with Gasteiger partial charge in [0.2, 0.25) is 5.52 Å². The topological polar surface area (TPSA) is 134 Å². The van der Waals surface area contributed by atoms with Crippen LogP contribution >= 0.6 is 23.1 Å². The summed E-state index contributed by atoms with van der Waals surface area (Å²) >= 11 is 3.04. The zero-order chi connectivity index (χ0) is 30.8. The van der Waals surface area contributed by atoms with Gasteiger partial charge in [0.15, 0.2) is 18.0 Å². The molecule has 5 rings (SSSR count). The molecule has 0 saturated carbocycles. The molecule has 1 aliphatic heterocycles. The summed E-state index contributed by atoms with van der Waals surface area (Å²) in [6.07, 6.45) is 2.39. The largest absolute Gasteiger partial charge is 0.493 e. The van der Waals surface area contributed by atoms with Crippen molar-refractivity contribution < 1.29 is 40.0 Å². The average molecular weight is 664 g/mol. The van der Waals surface area contributed by atoms with Crippen LogP contribution in [0, 0.1) is 0 Å². The number of hydrogen-bond donors (Lipinski definition) is 2. The van der Waals surface area contributed by atoms with Gasteiger partial charge in [0.25, 0.3) is 25.2 Å². The maximum absolute atomic E-state index is 11.5. The normalized spacial score (nSPS) is 14.4. The molecule has 0 saturated heterocycles. The van der Waals surface area contributed by atoms with Crippen LogP contribution < -0.4 is 18.9 Å². The van der Waals surface area contributed by atoms with Gasteiger partial charge < -0.3 is 14.4 Å². The number of aryl methyl sites for hydroxylation is 1. The minimum atomic E-state index is -4.14. The third-order valence-corrected chi connectivity index (χ3v) is 10.7. The monoisotopic (exact) mass is 663 g/mol. The second-order valence-corrected chi connectivity index (χ2v) is 15.1. The molecular weight excluding hydrogens is 633 g/mol. The molecule has 2 N–H and O–H groups in total. The highest BCUT2D eigenvalue weighted by Crippen LogP contribution is 2.48. The van der Waals surface area contributed by atoms with E-state index in [-0.39, 0.29) is 24.3 Å². The summed E-state index contributed by atoms with van der Waals surface area (Å²) in [4.78, 5) is 3.05. The number of thioether (sulfide) groups is 1. The molecule has 0 fully saturated rings. The van der Waals surface area contributed by atoms with E-state index in [0.29, 0.717) is 24.6 Å². The van der Waals surface area contributed by atoms with Crippen molar-refractivity contribution >= 4 is 65.3 Å². The lowest BCUT2D eigenvalue weighted by atomic mass is 10.0. The van der Waals surface area contributed by atoms with E-state index in [1.165, 1.54) is 11.3 Å². The molecule has 0 amide bonds. The van der Waals surface area contributed by atoms with Crippen LogP contribution in [0.4, 0.5) is 5.69 Å². The van der Waals surface area contributed by atoms with E-state index < -0.39 is 20.2 Å². The van der Waals surface area contributed by atoms with E-state index in [1.54, 1.807) is 26.0 Å². The fraction of sp³-hybridized carbons (Fsp3) is 0.276. The lowest BCUT2D eigenvalue weighted by Crippen LogP contribution is -2.36. The number of thiazole rings is 1. The second kappa shape index (κ2) is 12.8. The molecule has 0 spiro atoms. The maximum Gasteiger partial charge on any atom is 0.265 e. The fourth-order valence-electron chi connectivity index (χ4n) is 4.93. The molecule has 2 heterocycles. The Morgan fingerprint density at radius 2 is 1.53 bits per heavy atom. The van der Waals surface area contributed by atoms with E-state index in [9.17, 15) is 25.9 Å². The van der Waals surface area contributed by atoms with Crippen LogP contribution in [-0.2, 0) is 26.8 Å². The lowest BCUT2D eigenvalue weighted by molar-refractivity contribution is -0.668. The Morgan fingerprint density at radius 3 is 2.21 bits per heavy atom. The molecule has 0 radical (unpaired) electrons. The minimum Gasteiger partial charge on any atom is -0.493 e.